The average molecular weight is 274 g/mol. The fourth-order valence-electron chi connectivity index (χ4n) is 1.24. The number of amides is 1. The molecule has 0 atom stereocenters. The Labute approximate surface area is 118 Å². The second-order valence-corrected chi connectivity index (χ2v) is 4.90. The molecule has 0 bridgehead atoms. The van der Waals surface area contributed by atoms with E-state index in [-0.39, 0.29) is 12.2 Å². The molecule has 3 N–H and O–H groups in total. The van der Waals surface area contributed by atoms with E-state index in [9.17, 15) is 4.79 Å². The monoisotopic (exact) mass is 274 g/mol. The van der Waals surface area contributed by atoms with Gasteiger partial charge < -0.3 is 15.7 Å². The van der Waals surface area contributed by atoms with E-state index in [4.69, 9.17) is 10.4 Å². The van der Waals surface area contributed by atoms with Crippen molar-refractivity contribution >= 4 is 5.91 Å². The Morgan fingerprint density at radius 1 is 1.60 bits per heavy atom. The molecule has 6 nitrogen and oxygen atoms in total. The van der Waals surface area contributed by atoms with Crippen LogP contribution < -0.4 is 10.6 Å². The summed E-state index contributed by atoms with van der Waals surface area (Å²) >= 11 is 0. The molecule has 20 heavy (non-hydrogen) atoms. The number of rotatable bonds is 6. The predicted molar refractivity (Wildman–Crippen MR) is 74.1 cm³/mol. The molecule has 1 heterocycles. The molecular formula is C14H18N4O2. The average Bonchev–Trinajstić information content (AvgIpc) is 2.46. The minimum Gasteiger partial charge on any atom is -0.394 e. The number of aliphatic hydroxyl groups is 1. The third-order valence-corrected chi connectivity index (χ3v) is 2.54. The molecular weight excluding hydrogens is 256 g/mol. The first-order valence-electron chi connectivity index (χ1n) is 6.14. The molecule has 1 aromatic heterocycles. The minimum absolute atomic E-state index is 0.0459. The SMILES string of the molecule is CC(C)(CO)N/C=C(/C#N)C(=O)NCc1cccnc1. The Hall–Kier alpha value is -2.39. The van der Waals surface area contributed by atoms with E-state index in [1.165, 1.54) is 6.20 Å². The molecule has 0 radical (unpaired) electrons. The van der Waals surface area contributed by atoms with Gasteiger partial charge in [0.25, 0.3) is 5.91 Å². The summed E-state index contributed by atoms with van der Waals surface area (Å²) in [6.45, 7) is 3.70. The maximum atomic E-state index is 11.8. The van der Waals surface area contributed by atoms with E-state index < -0.39 is 11.4 Å². The van der Waals surface area contributed by atoms with E-state index in [0.717, 1.165) is 5.56 Å². The number of hydrogen-bond donors (Lipinski definition) is 3. The van der Waals surface area contributed by atoms with Crippen molar-refractivity contribution in [2.24, 2.45) is 0 Å². The molecule has 0 unspecified atom stereocenters. The summed E-state index contributed by atoms with van der Waals surface area (Å²) < 4.78 is 0. The number of aliphatic hydroxyl groups excluding tert-OH is 1. The third-order valence-electron chi connectivity index (χ3n) is 2.54. The summed E-state index contributed by atoms with van der Waals surface area (Å²) in [5, 5.41) is 23.5. The summed E-state index contributed by atoms with van der Waals surface area (Å²) in [6.07, 6.45) is 4.60. The van der Waals surface area contributed by atoms with Crippen LogP contribution in [-0.4, -0.2) is 28.1 Å². The van der Waals surface area contributed by atoms with E-state index in [0.29, 0.717) is 6.54 Å². The number of nitrogens with one attached hydrogen (secondary N) is 2. The minimum atomic E-state index is -0.592. The molecule has 0 spiro atoms. The van der Waals surface area contributed by atoms with Gasteiger partial charge in [-0.3, -0.25) is 9.78 Å². The van der Waals surface area contributed by atoms with Gasteiger partial charge in [0.05, 0.1) is 12.1 Å². The quantitative estimate of drug-likeness (QED) is 0.517. The van der Waals surface area contributed by atoms with E-state index in [2.05, 4.69) is 15.6 Å². The van der Waals surface area contributed by atoms with Gasteiger partial charge in [-0.05, 0) is 25.5 Å². The van der Waals surface area contributed by atoms with Crippen LogP contribution in [-0.2, 0) is 11.3 Å². The highest BCUT2D eigenvalue weighted by Crippen LogP contribution is 2.02. The van der Waals surface area contributed by atoms with E-state index in [1.54, 1.807) is 32.3 Å². The topological polar surface area (TPSA) is 98.0 Å². The summed E-state index contributed by atoms with van der Waals surface area (Å²) in [7, 11) is 0. The molecule has 0 saturated heterocycles. The van der Waals surface area contributed by atoms with Gasteiger partial charge in [0.1, 0.15) is 11.6 Å². The molecule has 6 heteroatoms. The summed E-state index contributed by atoms with van der Waals surface area (Å²) in [6, 6.07) is 5.43. The Kier molecular flexibility index (Phi) is 5.69. The lowest BCUT2D eigenvalue weighted by Crippen LogP contribution is -2.40. The van der Waals surface area contributed by atoms with Crippen molar-refractivity contribution in [3.05, 3.63) is 41.9 Å². The Balaban J connectivity index is 2.60. The molecule has 1 amide bonds. The third kappa shape index (κ3) is 5.08. The fourth-order valence-corrected chi connectivity index (χ4v) is 1.24. The van der Waals surface area contributed by atoms with E-state index >= 15 is 0 Å². The van der Waals surface area contributed by atoms with Crippen molar-refractivity contribution in [2.75, 3.05) is 6.61 Å². The Bertz CT molecular complexity index is 518. The van der Waals surface area contributed by atoms with Crippen LogP contribution in [0.15, 0.2) is 36.3 Å². The van der Waals surface area contributed by atoms with Gasteiger partial charge in [0, 0.05) is 25.1 Å². The van der Waals surface area contributed by atoms with Crippen LogP contribution in [0.4, 0.5) is 0 Å². The van der Waals surface area contributed by atoms with Gasteiger partial charge in [-0.15, -0.1) is 0 Å². The lowest BCUT2D eigenvalue weighted by molar-refractivity contribution is -0.117. The van der Waals surface area contributed by atoms with Crippen LogP contribution in [0.2, 0.25) is 0 Å². The lowest BCUT2D eigenvalue weighted by Gasteiger charge is -2.22. The van der Waals surface area contributed by atoms with Gasteiger partial charge in [0.2, 0.25) is 0 Å². The highest BCUT2D eigenvalue weighted by molar-refractivity contribution is 5.97. The first-order valence-corrected chi connectivity index (χ1v) is 6.14. The van der Waals surface area contributed by atoms with Crippen molar-refractivity contribution < 1.29 is 9.90 Å². The zero-order valence-corrected chi connectivity index (χ0v) is 11.6. The standard InChI is InChI=1S/C14H18N4O2/c1-14(2,10-19)18-9-12(6-15)13(20)17-8-11-4-3-5-16-7-11/h3-5,7,9,18-19H,8,10H2,1-2H3,(H,17,20)/b12-9-. The zero-order valence-electron chi connectivity index (χ0n) is 11.6. The fraction of sp³-hybridized carbons (Fsp3) is 0.357. The van der Waals surface area contributed by atoms with Gasteiger partial charge >= 0.3 is 0 Å². The molecule has 0 aliphatic rings. The van der Waals surface area contributed by atoms with Crippen LogP contribution in [0.25, 0.3) is 0 Å². The number of carbonyl (C=O) groups excluding carboxylic acids is 1. The van der Waals surface area contributed by atoms with Crippen LogP contribution in [0.1, 0.15) is 19.4 Å². The number of hydrogen-bond acceptors (Lipinski definition) is 5. The highest BCUT2D eigenvalue weighted by atomic mass is 16.3. The van der Waals surface area contributed by atoms with Crippen LogP contribution in [0, 0.1) is 11.3 Å². The highest BCUT2D eigenvalue weighted by Gasteiger charge is 2.15. The molecule has 0 saturated carbocycles. The number of nitriles is 1. The zero-order chi connectivity index (χ0) is 15.0. The number of nitrogens with zero attached hydrogens (tertiary/aromatic N) is 2. The number of aromatic nitrogens is 1. The lowest BCUT2D eigenvalue weighted by atomic mass is 10.1. The van der Waals surface area contributed by atoms with Crippen molar-refractivity contribution in [3.63, 3.8) is 0 Å². The largest absolute Gasteiger partial charge is 0.394 e. The molecule has 0 aliphatic heterocycles. The van der Waals surface area contributed by atoms with Gasteiger partial charge in [-0.2, -0.15) is 5.26 Å². The van der Waals surface area contributed by atoms with Crippen molar-refractivity contribution in [1.29, 1.82) is 5.26 Å². The van der Waals surface area contributed by atoms with Gasteiger partial charge in [0.15, 0.2) is 0 Å². The van der Waals surface area contributed by atoms with Gasteiger partial charge in [-0.1, -0.05) is 6.07 Å². The first kappa shape index (κ1) is 15.7. The van der Waals surface area contributed by atoms with Crippen LogP contribution in [0.5, 0.6) is 0 Å². The Morgan fingerprint density at radius 3 is 2.90 bits per heavy atom. The van der Waals surface area contributed by atoms with Crippen LogP contribution in [0.3, 0.4) is 0 Å². The second kappa shape index (κ2) is 7.26. The maximum absolute atomic E-state index is 11.8. The number of carbonyl (C=O) groups is 1. The molecule has 106 valence electrons. The molecule has 0 aromatic carbocycles. The van der Waals surface area contributed by atoms with Gasteiger partial charge in [-0.25, -0.2) is 0 Å². The van der Waals surface area contributed by atoms with E-state index in [1.807, 2.05) is 12.1 Å². The molecule has 0 aliphatic carbocycles. The summed E-state index contributed by atoms with van der Waals surface area (Å²) in [5.74, 6) is -0.474. The first-order chi connectivity index (χ1) is 9.48. The molecule has 0 fully saturated rings. The normalized spacial score (nSPS) is 11.6. The smallest absolute Gasteiger partial charge is 0.263 e. The van der Waals surface area contributed by atoms with Crippen LogP contribution >= 0.6 is 0 Å². The van der Waals surface area contributed by atoms with Crippen molar-refractivity contribution in [3.8, 4) is 6.07 Å². The summed E-state index contributed by atoms with van der Waals surface area (Å²) in [4.78, 5) is 15.8. The second-order valence-electron chi connectivity index (χ2n) is 4.90. The van der Waals surface area contributed by atoms with Crippen molar-refractivity contribution in [2.45, 2.75) is 25.9 Å². The Morgan fingerprint density at radius 2 is 2.35 bits per heavy atom. The summed E-state index contributed by atoms with van der Waals surface area (Å²) in [5.41, 5.74) is 0.211. The molecule has 1 rings (SSSR count). The van der Waals surface area contributed by atoms with Crippen molar-refractivity contribution in [1.82, 2.24) is 15.6 Å². The maximum Gasteiger partial charge on any atom is 0.263 e. The predicted octanol–water partition coefficient (Wildman–Crippen LogP) is 0.466. The molecule has 1 aromatic rings. The number of pyridine rings is 1.